The number of carbonyl (C=O) groups excluding carboxylic acids is 4. The molecule has 43 heavy (non-hydrogen) atoms. The second-order valence-electron chi connectivity index (χ2n) is 11.0. The number of hydrogen-bond acceptors (Lipinski definition) is 7. The second-order valence-corrected chi connectivity index (χ2v) is 11.0. The van der Waals surface area contributed by atoms with Crippen LogP contribution in [0.1, 0.15) is 55.0 Å². The van der Waals surface area contributed by atoms with Crippen LogP contribution in [0.5, 0.6) is 11.5 Å². The Morgan fingerprint density at radius 3 is 2.14 bits per heavy atom. The Labute approximate surface area is 248 Å². The monoisotopic (exact) mass is 569 g/mol. The fourth-order valence-corrected chi connectivity index (χ4v) is 7.15. The molecule has 2 aliphatic heterocycles. The number of ether oxygens (including phenoxy) is 2. The number of esters is 1. The third kappa shape index (κ3) is 3.81. The van der Waals surface area contributed by atoms with Crippen LogP contribution >= 0.6 is 0 Å². The van der Waals surface area contributed by atoms with E-state index in [1.807, 2.05) is 59.5 Å². The number of ketones is 3. The fourth-order valence-electron chi connectivity index (χ4n) is 7.15. The van der Waals surface area contributed by atoms with Crippen LogP contribution in [0.25, 0.3) is 6.08 Å². The zero-order chi connectivity index (χ0) is 29.9. The van der Waals surface area contributed by atoms with Crippen LogP contribution in [0.2, 0.25) is 0 Å². The van der Waals surface area contributed by atoms with Gasteiger partial charge in [0.05, 0.1) is 13.2 Å². The molecule has 0 saturated carbocycles. The van der Waals surface area contributed by atoms with Gasteiger partial charge in [-0.15, -0.1) is 0 Å². The lowest BCUT2D eigenvalue weighted by atomic mass is 9.64. The standard InChI is InChI=1S/C36H27NO6/c1-21(38)43-25-17-14-23(15-18-25)33(39)32-31(24-9-7-10-26(20-24)42-2)36(34(40)27-11-4-5-12-28(27)35(36)41)30-19-16-22-8-3-6-13-29(22)37(30)32/h3-20,30-32H,1-2H3/t30-,31+,32+/m0/s1. The van der Waals surface area contributed by atoms with Gasteiger partial charge in [0, 0.05) is 35.2 Å². The minimum atomic E-state index is -1.60. The Kier molecular flexibility index (Phi) is 6.13. The molecule has 0 amide bonds. The van der Waals surface area contributed by atoms with E-state index in [2.05, 4.69) is 0 Å². The van der Waals surface area contributed by atoms with E-state index in [0.29, 0.717) is 33.8 Å². The van der Waals surface area contributed by atoms with Gasteiger partial charge in [0.25, 0.3) is 0 Å². The highest BCUT2D eigenvalue weighted by Crippen LogP contribution is 2.61. The number of rotatable bonds is 5. The van der Waals surface area contributed by atoms with E-state index >= 15 is 0 Å². The molecule has 0 aromatic heterocycles. The number of carbonyl (C=O) groups is 4. The maximum atomic E-state index is 14.8. The van der Waals surface area contributed by atoms with E-state index in [1.165, 1.54) is 6.92 Å². The number of anilines is 1. The zero-order valence-electron chi connectivity index (χ0n) is 23.5. The van der Waals surface area contributed by atoms with E-state index in [0.717, 1.165) is 11.3 Å². The smallest absolute Gasteiger partial charge is 0.308 e. The lowest BCUT2D eigenvalue weighted by molar-refractivity contribution is -0.131. The fraction of sp³-hybridized carbons (Fsp3) is 0.167. The number of benzene rings is 4. The van der Waals surface area contributed by atoms with Gasteiger partial charge in [-0.05, 0) is 53.6 Å². The number of hydrogen-bond donors (Lipinski definition) is 0. The maximum Gasteiger partial charge on any atom is 0.308 e. The highest BCUT2D eigenvalue weighted by Gasteiger charge is 2.71. The molecule has 3 aliphatic rings. The van der Waals surface area contributed by atoms with Gasteiger partial charge >= 0.3 is 5.97 Å². The summed E-state index contributed by atoms with van der Waals surface area (Å²) in [6, 6.07) is 26.6. The summed E-state index contributed by atoms with van der Waals surface area (Å²) < 4.78 is 10.7. The molecule has 4 aromatic rings. The largest absolute Gasteiger partial charge is 0.497 e. The molecule has 4 aromatic carbocycles. The predicted octanol–water partition coefficient (Wildman–Crippen LogP) is 5.94. The van der Waals surface area contributed by atoms with Gasteiger partial charge in [-0.3, -0.25) is 19.2 Å². The molecule has 0 bridgehead atoms. The molecule has 1 aliphatic carbocycles. The van der Waals surface area contributed by atoms with Gasteiger partial charge in [0.15, 0.2) is 17.3 Å². The molecule has 212 valence electrons. The highest BCUT2D eigenvalue weighted by atomic mass is 16.5. The molecular formula is C36H27NO6. The van der Waals surface area contributed by atoms with Crippen LogP contribution < -0.4 is 14.4 Å². The van der Waals surface area contributed by atoms with E-state index in [9.17, 15) is 19.2 Å². The summed E-state index contributed by atoms with van der Waals surface area (Å²) in [6.45, 7) is 1.31. The normalized spacial score (nSPS) is 20.9. The van der Waals surface area contributed by atoms with Crippen molar-refractivity contribution in [1.29, 1.82) is 0 Å². The summed E-state index contributed by atoms with van der Waals surface area (Å²) in [6.07, 6.45) is 3.83. The summed E-state index contributed by atoms with van der Waals surface area (Å²) in [5.41, 5.74) is 1.82. The number of nitrogens with zero attached hydrogens (tertiary/aromatic N) is 1. The quantitative estimate of drug-likeness (QED) is 0.127. The average Bonchev–Trinajstić information content (AvgIpc) is 3.47. The van der Waals surface area contributed by atoms with Crippen LogP contribution in [0.15, 0.2) is 103 Å². The van der Waals surface area contributed by atoms with E-state index in [-0.39, 0.29) is 17.3 Å². The van der Waals surface area contributed by atoms with Crippen LogP contribution in [-0.2, 0) is 4.79 Å². The van der Waals surface area contributed by atoms with Crippen molar-refractivity contribution in [3.8, 4) is 11.5 Å². The first-order valence-corrected chi connectivity index (χ1v) is 14.1. The van der Waals surface area contributed by atoms with Crippen molar-refractivity contribution in [1.82, 2.24) is 0 Å². The first-order valence-electron chi connectivity index (χ1n) is 14.1. The van der Waals surface area contributed by atoms with Crippen LogP contribution in [-0.4, -0.2) is 42.5 Å². The number of Topliss-reactive ketones (excluding diaryl/α,β-unsaturated/α-hetero) is 3. The average molecular weight is 570 g/mol. The molecule has 7 rings (SSSR count). The van der Waals surface area contributed by atoms with Gasteiger partial charge in [-0.2, -0.15) is 0 Å². The topological polar surface area (TPSA) is 90.0 Å². The molecule has 7 heteroatoms. The van der Waals surface area contributed by atoms with Crippen molar-refractivity contribution in [3.63, 3.8) is 0 Å². The molecule has 0 unspecified atom stereocenters. The van der Waals surface area contributed by atoms with Crippen molar-refractivity contribution in [3.05, 3.63) is 131 Å². The minimum Gasteiger partial charge on any atom is -0.497 e. The van der Waals surface area contributed by atoms with Gasteiger partial charge in [0.1, 0.15) is 23.0 Å². The second kappa shape index (κ2) is 9.91. The summed E-state index contributed by atoms with van der Waals surface area (Å²) in [4.78, 5) is 57.7. The Morgan fingerprint density at radius 2 is 1.47 bits per heavy atom. The molecular weight excluding hydrogens is 542 g/mol. The highest BCUT2D eigenvalue weighted by molar-refractivity contribution is 6.32. The van der Waals surface area contributed by atoms with Crippen molar-refractivity contribution < 1.29 is 28.7 Å². The predicted molar refractivity (Wildman–Crippen MR) is 161 cm³/mol. The van der Waals surface area contributed by atoms with E-state index in [1.54, 1.807) is 61.7 Å². The van der Waals surface area contributed by atoms with Crippen LogP contribution in [0, 0.1) is 5.41 Å². The minimum absolute atomic E-state index is 0.259. The molecule has 1 fully saturated rings. The Bertz CT molecular complexity index is 1820. The number of methoxy groups -OCH3 is 1. The molecule has 1 spiro atoms. The summed E-state index contributed by atoms with van der Waals surface area (Å²) >= 11 is 0. The summed E-state index contributed by atoms with van der Waals surface area (Å²) in [7, 11) is 1.56. The third-order valence-corrected chi connectivity index (χ3v) is 8.83. The zero-order valence-corrected chi connectivity index (χ0v) is 23.5. The van der Waals surface area contributed by atoms with Crippen LogP contribution in [0.3, 0.4) is 0 Å². The molecule has 7 nitrogen and oxygen atoms in total. The number of para-hydroxylation sites is 1. The van der Waals surface area contributed by atoms with E-state index in [4.69, 9.17) is 9.47 Å². The lowest BCUT2D eigenvalue weighted by Crippen LogP contribution is -2.48. The molecule has 2 heterocycles. The summed E-state index contributed by atoms with van der Waals surface area (Å²) in [5.74, 6) is -1.28. The SMILES string of the molecule is COc1cccc([C@@H]2[C@H](C(=O)c3ccc(OC(C)=O)cc3)N3c4ccccc4C=C[C@H]3C23C(=O)c2ccccc2C3=O)c1. The van der Waals surface area contributed by atoms with Gasteiger partial charge in [-0.1, -0.05) is 66.7 Å². The van der Waals surface area contributed by atoms with Crippen molar-refractivity contribution in [2.45, 2.75) is 24.9 Å². The first kappa shape index (κ1) is 26.6. The lowest BCUT2D eigenvalue weighted by Gasteiger charge is -2.37. The van der Waals surface area contributed by atoms with Crippen molar-refractivity contribution >= 4 is 35.1 Å². The third-order valence-electron chi connectivity index (χ3n) is 8.83. The Morgan fingerprint density at radius 1 is 0.791 bits per heavy atom. The molecule has 3 atom stereocenters. The Balaban J connectivity index is 1.49. The maximum absolute atomic E-state index is 14.8. The molecule has 0 N–H and O–H groups in total. The Hall–Kier alpha value is -5.30. The van der Waals surface area contributed by atoms with Gasteiger partial charge in [0.2, 0.25) is 0 Å². The number of fused-ring (bicyclic) bond motifs is 5. The van der Waals surface area contributed by atoms with Gasteiger partial charge < -0.3 is 14.4 Å². The summed E-state index contributed by atoms with van der Waals surface area (Å²) in [5, 5.41) is 0. The van der Waals surface area contributed by atoms with E-state index < -0.39 is 29.4 Å². The molecule has 1 saturated heterocycles. The molecule has 0 radical (unpaired) electrons. The van der Waals surface area contributed by atoms with Gasteiger partial charge in [-0.25, -0.2) is 0 Å². The van der Waals surface area contributed by atoms with Crippen molar-refractivity contribution in [2.24, 2.45) is 5.41 Å². The van der Waals surface area contributed by atoms with Crippen LogP contribution in [0.4, 0.5) is 5.69 Å². The van der Waals surface area contributed by atoms with Crippen molar-refractivity contribution in [2.75, 3.05) is 12.0 Å². The first-order chi connectivity index (χ1) is 20.9.